The van der Waals surface area contributed by atoms with Crippen LogP contribution in [0.4, 0.5) is 0 Å². The summed E-state index contributed by atoms with van der Waals surface area (Å²) >= 11 is 0. The molecule has 8 heteroatoms. The molecule has 0 radical (unpaired) electrons. The van der Waals surface area contributed by atoms with Gasteiger partial charge in [-0.2, -0.15) is 0 Å². The Morgan fingerprint density at radius 3 is 1.20 bits per heavy atom. The van der Waals surface area contributed by atoms with Crippen LogP contribution in [0.15, 0.2) is 0 Å². The topological polar surface area (TPSA) is 169 Å². The summed E-state index contributed by atoms with van der Waals surface area (Å²) in [5.41, 5.74) is 2.01. The lowest BCUT2D eigenvalue weighted by molar-refractivity contribution is -0.148. The highest BCUT2D eigenvalue weighted by molar-refractivity contribution is 6.34. The van der Waals surface area contributed by atoms with E-state index in [0.717, 1.165) is 11.0 Å². The van der Waals surface area contributed by atoms with E-state index >= 15 is 0 Å². The van der Waals surface area contributed by atoms with Crippen molar-refractivity contribution in [2.24, 2.45) is 0 Å². The number of hydrogen-bond acceptors (Lipinski definition) is 6. The zero-order valence-corrected chi connectivity index (χ0v) is 5.13. The molecule has 10 heavy (non-hydrogen) atoms. The lowest BCUT2D eigenvalue weighted by Crippen LogP contribution is -2.36. The highest BCUT2D eigenvalue weighted by Gasteiger charge is 2.08. The molecule has 62 valence electrons. The van der Waals surface area contributed by atoms with E-state index in [4.69, 9.17) is 10.4 Å². The minimum Gasteiger partial charge on any atom is -0.344 e. The first-order chi connectivity index (χ1) is 3.72. The number of nitrogens with one attached hydrogen (secondary N) is 2. The number of carbonyl (C=O) groups excluding carboxylic acids is 2. The maximum atomic E-state index is 9.81. The monoisotopic (exact) mass is 154 g/mol. The van der Waals surface area contributed by atoms with Crippen molar-refractivity contribution < 1.29 is 20.0 Å². The van der Waals surface area contributed by atoms with E-state index in [1.165, 1.54) is 0 Å². The van der Waals surface area contributed by atoms with Gasteiger partial charge in [0.05, 0.1) is 0 Å². The van der Waals surface area contributed by atoms with Crippen LogP contribution in [0.25, 0.3) is 0 Å². The van der Waals surface area contributed by atoms with Gasteiger partial charge in [0.1, 0.15) is 0 Å². The van der Waals surface area contributed by atoms with Crippen molar-refractivity contribution in [3.05, 3.63) is 0 Å². The van der Waals surface area contributed by atoms with Gasteiger partial charge in [0, 0.05) is 0 Å². The first kappa shape index (κ1) is 15.9. The number of hydroxylamine groups is 2. The summed E-state index contributed by atoms with van der Waals surface area (Å²) in [5, 5.41) is 15.3. The Morgan fingerprint density at radius 1 is 0.900 bits per heavy atom. The molecule has 0 saturated heterocycles. The average molecular weight is 154 g/mol. The smallest absolute Gasteiger partial charge is 0.334 e. The van der Waals surface area contributed by atoms with Crippen LogP contribution in [0.5, 0.6) is 0 Å². The van der Waals surface area contributed by atoms with Crippen LogP contribution in [-0.2, 0) is 9.59 Å². The van der Waals surface area contributed by atoms with Gasteiger partial charge in [-0.25, -0.2) is 11.0 Å². The molecule has 0 aliphatic heterocycles. The van der Waals surface area contributed by atoms with Gasteiger partial charge in [-0.15, -0.1) is 0 Å². The highest BCUT2D eigenvalue weighted by Crippen LogP contribution is 1.58. The van der Waals surface area contributed by atoms with E-state index in [0.29, 0.717) is 0 Å². The molecule has 0 aromatic rings. The van der Waals surface area contributed by atoms with Crippen molar-refractivity contribution >= 4 is 11.8 Å². The second-order valence-corrected chi connectivity index (χ2v) is 0.882. The molecule has 10 N–H and O–H groups in total. The van der Waals surface area contributed by atoms with E-state index in [9.17, 15) is 9.59 Å². The van der Waals surface area contributed by atoms with Gasteiger partial charge >= 0.3 is 11.8 Å². The molecule has 0 rings (SSSR count). The summed E-state index contributed by atoms with van der Waals surface area (Å²) < 4.78 is 0. The summed E-state index contributed by atoms with van der Waals surface area (Å²) in [6, 6.07) is 0. The van der Waals surface area contributed by atoms with Crippen molar-refractivity contribution in [2.45, 2.75) is 0 Å². The van der Waals surface area contributed by atoms with Crippen LogP contribution in [0.2, 0.25) is 0 Å². The van der Waals surface area contributed by atoms with Crippen molar-refractivity contribution in [2.75, 3.05) is 0 Å². The van der Waals surface area contributed by atoms with Crippen molar-refractivity contribution in [1.82, 2.24) is 23.3 Å². The molecule has 0 aliphatic carbocycles. The largest absolute Gasteiger partial charge is 0.344 e. The highest BCUT2D eigenvalue weighted by atomic mass is 16.5. The summed E-state index contributed by atoms with van der Waals surface area (Å²) in [6.07, 6.45) is 0. The number of rotatable bonds is 0. The van der Waals surface area contributed by atoms with Crippen molar-refractivity contribution in [1.29, 1.82) is 0 Å². The van der Waals surface area contributed by atoms with Crippen LogP contribution >= 0.6 is 0 Å². The van der Waals surface area contributed by atoms with Gasteiger partial charge < -0.3 is 12.3 Å². The van der Waals surface area contributed by atoms with Crippen molar-refractivity contribution in [3.63, 3.8) is 0 Å². The molecule has 0 saturated carbocycles. The Morgan fingerprint density at radius 2 is 1.10 bits per heavy atom. The minimum atomic E-state index is -1.31. The molecule has 0 spiro atoms. The Bertz CT molecular complexity index is 99.8. The molecule has 0 fully saturated rings. The second kappa shape index (κ2) is 7.78. The Labute approximate surface area is 56.3 Å². The van der Waals surface area contributed by atoms with Gasteiger partial charge in [-0.3, -0.25) is 20.0 Å². The summed E-state index contributed by atoms with van der Waals surface area (Å²) in [6.45, 7) is 0. The maximum absolute atomic E-state index is 9.81. The molecular formula is C2H10N4O4. The molecule has 0 aromatic heterocycles. The molecular weight excluding hydrogens is 144 g/mol. The first-order valence-electron chi connectivity index (χ1n) is 1.61. The Hall–Kier alpha value is -1.22. The van der Waals surface area contributed by atoms with Crippen LogP contribution in [0.3, 0.4) is 0 Å². The molecule has 2 amide bonds. The molecule has 0 unspecified atom stereocenters. The normalized spacial score (nSPS) is 6.20. The molecule has 0 heterocycles. The summed E-state index contributed by atoms with van der Waals surface area (Å²) in [5.74, 6) is -2.62. The Balaban J connectivity index is -0.000000245. The number of hydrogen-bond donors (Lipinski definition) is 6. The van der Waals surface area contributed by atoms with E-state index in [-0.39, 0.29) is 12.3 Å². The first-order valence-corrected chi connectivity index (χ1v) is 1.61. The lowest BCUT2D eigenvalue weighted by atomic mass is 10.6. The third-order valence-corrected chi connectivity index (χ3v) is 0.409. The lowest BCUT2D eigenvalue weighted by Gasteiger charge is -1.91. The molecule has 0 bridgehead atoms. The van der Waals surface area contributed by atoms with Crippen LogP contribution < -0.4 is 23.3 Å². The third kappa shape index (κ3) is 4.93. The third-order valence-electron chi connectivity index (χ3n) is 0.409. The second-order valence-electron chi connectivity index (χ2n) is 0.882. The predicted molar refractivity (Wildman–Crippen MR) is 29.9 cm³/mol. The van der Waals surface area contributed by atoms with Gasteiger partial charge in [0.2, 0.25) is 0 Å². The number of carbonyl (C=O) groups is 2. The fourth-order valence-corrected chi connectivity index (χ4v) is 0.102. The predicted octanol–water partition coefficient (Wildman–Crippen LogP) is -1.68. The maximum Gasteiger partial charge on any atom is 0.334 e. The van der Waals surface area contributed by atoms with E-state index < -0.39 is 11.8 Å². The molecule has 0 atom stereocenters. The fraction of sp³-hybridized carbons (Fsp3) is 0. The van der Waals surface area contributed by atoms with Crippen molar-refractivity contribution in [3.8, 4) is 0 Å². The van der Waals surface area contributed by atoms with Gasteiger partial charge in [-0.1, -0.05) is 0 Å². The SMILES string of the molecule is N.N.O=C(NO)C(=O)NO. The Kier molecular flexibility index (Phi) is 12.4. The summed E-state index contributed by atoms with van der Waals surface area (Å²) in [7, 11) is 0. The van der Waals surface area contributed by atoms with E-state index in [1.54, 1.807) is 0 Å². The average Bonchev–Trinajstić information content (AvgIpc) is 1.84. The van der Waals surface area contributed by atoms with E-state index in [1.807, 2.05) is 0 Å². The van der Waals surface area contributed by atoms with Crippen LogP contribution in [0, 0.1) is 0 Å². The van der Waals surface area contributed by atoms with E-state index in [2.05, 4.69) is 0 Å². The molecule has 0 aliphatic rings. The quantitative estimate of drug-likeness (QED) is 0.138. The van der Waals surface area contributed by atoms with Gasteiger partial charge in [-0.05, 0) is 0 Å². The number of amides is 2. The van der Waals surface area contributed by atoms with Crippen LogP contribution in [0.1, 0.15) is 0 Å². The fourth-order valence-electron chi connectivity index (χ4n) is 0.102. The zero-order chi connectivity index (χ0) is 6.57. The van der Waals surface area contributed by atoms with Gasteiger partial charge in [0.25, 0.3) is 0 Å². The van der Waals surface area contributed by atoms with Gasteiger partial charge in [0.15, 0.2) is 0 Å². The molecule has 0 aromatic carbocycles. The van der Waals surface area contributed by atoms with Crippen LogP contribution in [-0.4, -0.2) is 22.2 Å². The zero-order valence-electron chi connectivity index (χ0n) is 5.13. The molecule has 8 nitrogen and oxygen atoms in total. The minimum absolute atomic E-state index is 0. The standard InChI is InChI=1S/C2H4N2O4.2H3N/c5-1(3-7)2(6)4-8;;/h7-8H,(H,3,5)(H,4,6);2*1H3. The summed E-state index contributed by atoms with van der Waals surface area (Å²) in [4.78, 5) is 19.6.